The molecule has 0 bridgehead atoms. The van der Waals surface area contributed by atoms with Gasteiger partial charge >= 0.3 is 12.1 Å². The van der Waals surface area contributed by atoms with Crippen molar-refractivity contribution < 1.29 is 24.2 Å². The maximum absolute atomic E-state index is 12.0. The summed E-state index contributed by atoms with van der Waals surface area (Å²) in [7, 11) is 1.36. The normalized spacial score (nSPS) is 25.4. The minimum absolute atomic E-state index is 0.323. The molecule has 1 fully saturated rings. The second kappa shape index (κ2) is 7.78. The Kier molecular flexibility index (Phi) is 6.62. The number of carbonyl (C=O) groups is 2. The van der Waals surface area contributed by atoms with Gasteiger partial charge in [0.15, 0.2) is 0 Å². The Labute approximate surface area is 131 Å². The molecule has 0 aromatic heterocycles. The number of carbonyl (C=O) groups excluding carboxylic acids is 2. The fourth-order valence-corrected chi connectivity index (χ4v) is 2.52. The average molecular weight is 316 g/mol. The van der Waals surface area contributed by atoms with Crippen LogP contribution in [0.15, 0.2) is 0 Å². The standard InChI is InChI=1S/C15H28N2O5/c1-14(2,3)22-13(20)16-9-10-17-15(12(19)21-4)7-5-11(18)6-8-15/h11,17-18H,5-10H2,1-4H3,(H,16,20). The molecule has 0 radical (unpaired) electrons. The molecule has 1 saturated carbocycles. The average Bonchev–Trinajstić information content (AvgIpc) is 2.43. The number of methoxy groups -OCH3 is 1. The van der Waals surface area contributed by atoms with E-state index in [9.17, 15) is 14.7 Å². The van der Waals surface area contributed by atoms with E-state index in [1.54, 1.807) is 20.8 Å². The van der Waals surface area contributed by atoms with E-state index < -0.39 is 17.2 Å². The molecule has 22 heavy (non-hydrogen) atoms. The van der Waals surface area contributed by atoms with Gasteiger partial charge in [-0.1, -0.05) is 0 Å². The highest BCUT2D eigenvalue weighted by atomic mass is 16.6. The summed E-state index contributed by atoms with van der Waals surface area (Å²) in [5.74, 6) is -0.323. The molecule has 3 N–H and O–H groups in total. The van der Waals surface area contributed by atoms with Gasteiger partial charge in [0.25, 0.3) is 0 Å². The Morgan fingerprint density at radius 1 is 1.23 bits per heavy atom. The summed E-state index contributed by atoms with van der Waals surface area (Å²) in [5, 5.41) is 15.4. The monoisotopic (exact) mass is 316 g/mol. The van der Waals surface area contributed by atoms with Gasteiger partial charge in [-0.2, -0.15) is 0 Å². The molecule has 0 spiro atoms. The Morgan fingerprint density at radius 3 is 2.32 bits per heavy atom. The Morgan fingerprint density at radius 2 is 1.82 bits per heavy atom. The first-order valence-electron chi connectivity index (χ1n) is 7.67. The van der Waals surface area contributed by atoms with Gasteiger partial charge in [-0.15, -0.1) is 0 Å². The van der Waals surface area contributed by atoms with Crippen LogP contribution >= 0.6 is 0 Å². The highest BCUT2D eigenvalue weighted by Gasteiger charge is 2.42. The largest absolute Gasteiger partial charge is 0.468 e. The van der Waals surface area contributed by atoms with Crippen LogP contribution in [0.2, 0.25) is 0 Å². The van der Waals surface area contributed by atoms with Crippen molar-refractivity contribution in [2.24, 2.45) is 0 Å². The lowest BCUT2D eigenvalue weighted by atomic mass is 9.80. The zero-order valence-corrected chi connectivity index (χ0v) is 13.9. The van der Waals surface area contributed by atoms with Gasteiger partial charge in [-0.25, -0.2) is 4.79 Å². The highest BCUT2D eigenvalue weighted by molar-refractivity contribution is 5.81. The lowest BCUT2D eigenvalue weighted by Crippen LogP contribution is -2.56. The Hall–Kier alpha value is -1.34. The summed E-state index contributed by atoms with van der Waals surface area (Å²) >= 11 is 0. The molecule has 0 atom stereocenters. The first kappa shape index (κ1) is 18.7. The van der Waals surface area contributed by atoms with E-state index in [2.05, 4.69) is 10.6 Å². The van der Waals surface area contributed by atoms with E-state index in [0.717, 1.165) is 0 Å². The number of alkyl carbamates (subject to hydrolysis) is 1. The molecule has 7 heteroatoms. The molecule has 1 amide bonds. The minimum atomic E-state index is -0.774. The topological polar surface area (TPSA) is 96.9 Å². The molecular formula is C15H28N2O5. The number of aliphatic hydroxyl groups excluding tert-OH is 1. The van der Waals surface area contributed by atoms with Crippen molar-refractivity contribution in [2.45, 2.75) is 63.7 Å². The van der Waals surface area contributed by atoms with Crippen LogP contribution in [0, 0.1) is 0 Å². The van der Waals surface area contributed by atoms with Crippen LogP contribution < -0.4 is 10.6 Å². The van der Waals surface area contributed by atoms with E-state index in [-0.39, 0.29) is 12.1 Å². The first-order chi connectivity index (χ1) is 10.2. The molecule has 0 aromatic carbocycles. The van der Waals surface area contributed by atoms with Gasteiger partial charge in [0.2, 0.25) is 0 Å². The molecule has 0 aromatic rings. The Bertz CT molecular complexity index is 384. The summed E-state index contributed by atoms with van der Waals surface area (Å²) in [5.41, 5.74) is -1.31. The van der Waals surface area contributed by atoms with E-state index in [0.29, 0.717) is 38.8 Å². The number of aliphatic hydroxyl groups is 1. The van der Waals surface area contributed by atoms with Crippen molar-refractivity contribution in [3.63, 3.8) is 0 Å². The van der Waals surface area contributed by atoms with E-state index >= 15 is 0 Å². The number of rotatable bonds is 5. The second-order valence-electron chi connectivity index (χ2n) is 6.66. The third-order valence-electron chi connectivity index (χ3n) is 3.64. The highest BCUT2D eigenvalue weighted by Crippen LogP contribution is 2.29. The van der Waals surface area contributed by atoms with Crippen molar-refractivity contribution in [1.29, 1.82) is 0 Å². The minimum Gasteiger partial charge on any atom is -0.468 e. The molecule has 1 aliphatic carbocycles. The fourth-order valence-electron chi connectivity index (χ4n) is 2.52. The lowest BCUT2D eigenvalue weighted by molar-refractivity contribution is -0.151. The van der Waals surface area contributed by atoms with Gasteiger partial charge in [0, 0.05) is 13.1 Å². The quantitative estimate of drug-likeness (QED) is 0.516. The number of esters is 1. The summed E-state index contributed by atoms with van der Waals surface area (Å²) in [6, 6.07) is 0. The summed E-state index contributed by atoms with van der Waals surface area (Å²) in [4.78, 5) is 23.6. The van der Waals surface area contributed by atoms with E-state index in [1.165, 1.54) is 7.11 Å². The number of hydrogen-bond donors (Lipinski definition) is 3. The van der Waals surface area contributed by atoms with Gasteiger partial charge in [-0.3, -0.25) is 4.79 Å². The van der Waals surface area contributed by atoms with E-state index in [1.807, 2.05) is 0 Å². The third kappa shape index (κ3) is 5.81. The predicted molar refractivity (Wildman–Crippen MR) is 81.5 cm³/mol. The van der Waals surface area contributed by atoms with Crippen LogP contribution in [0.5, 0.6) is 0 Å². The number of hydrogen-bond acceptors (Lipinski definition) is 6. The third-order valence-corrected chi connectivity index (χ3v) is 3.64. The van der Waals surface area contributed by atoms with Crippen LogP contribution in [0.3, 0.4) is 0 Å². The zero-order chi connectivity index (χ0) is 16.8. The first-order valence-corrected chi connectivity index (χ1v) is 7.67. The maximum atomic E-state index is 12.0. The predicted octanol–water partition coefficient (Wildman–Crippen LogP) is 0.947. The molecule has 1 aliphatic rings. The van der Waals surface area contributed by atoms with Crippen LogP contribution in [0.1, 0.15) is 46.5 Å². The Balaban J connectivity index is 2.42. The van der Waals surface area contributed by atoms with Crippen LogP contribution in [-0.4, -0.2) is 54.6 Å². The molecule has 0 aliphatic heterocycles. The summed E-state index contributed by atoms with van der Waals surface area (Å²) in [6.45, 7) is 6.15. The summed E-state index contributed by atoms with van der Waals surface area (Å²) < 4.78 is 10.0. The van der Waals surface area contributed by atoms with Crippen molar-refractivity contribution >= 4 is 12.1 Å². The molecule has 128 valence electrons. The smallest absolute Gasteiger partial charge is 0.407 e. The second-order valence-corrected chi connectivity index (χ2v) is 6.66. The SMILES string of the molecule is COC(=O)C1(NCCNC(=O)OC(C)(C)C)CCC(O)CC1. The van der Waals surface area contributed by atoms with Crippen molar-refractivity contribution in [1.82, 2.24) is 10.6 Å². The maximum Gasteiger partial charge on any atom is 0.407 e. The zero-order valence-electron chi connectivity index (χ0n) is 13.9. The van der Waals surface area contributed by atoms with Crippen molar-refractivity contribution in [2.75, 3.05) is 20.2 Å². The van der Waals surface area contributed by atoms with Gasteiger partial charge < -0.3 is 25.2 Å². The molecule has 1 rings (SSSR count). The van der Waals surface area contributed by atoms with Crippen LogP contribution in [-0.2, 0) is 14.3 Å². The lowest BCUT2D eigenvalue weighted by Gasteiger charge is -2.37. The van der Waals surface area contributed by atoms with Crippen molar-refractivity contribution in [3.8, 4) is 0 Å². The van der Waals surface area contributed by atoms with Gasteiger partial charge in [-0.05, 0) is 46.5 Å². The van der Waals surface area contributed by atoms with Crippen LogP contribution in [0.4, 0.5) is 4.79 Å². The van der Waals surface area contributed by atoms with Crippen LogP contribution in [0.25, 0.3) is 0 Å². The number of ether oxygens (including phenoxy) is 2. The van der Waals surface area contributed by atoms with E-state index in [4.69, 9.17) is 9.47 Å². The number of nitrogens with one attached hydrogen (secondary N) is 2. The fraction of sp³-hybridized carbons (Fsp3) is 0.867. The molecule has 0 heterocycles. The molecule has 7 nitrogen and oxygen atoms in total. The van der Waals surface area contributed by atoms with Gasteiger partial charge in [0.1, 0.15) is 11.1 Å². The molecular weight excluding hydrogens is 288 g/mol. The van der Waals surface area contributed by atoms with Crippen molar-refractivity contribution in [3.05, 3.63) is 0 Å². The summed E-state index contributed by atoms with van der Waals surface area (Å²) in [6.07, 6.45) is 1.31. The molecule has 0 saturated heterocycles. The van der Waals surface area contributed by atoms with Gasteiger partial charge in [0.05, 0.1) is 13.2 Å². The molecule has 0 unspecified atom stereocenters. The number of amides is 1.